The van der Waals surface area contributed by atoms with Gasteiger partial charge in [0.25, 0.3) is 0 Å². The predicted molar refractivity (Wildman–Crippen MR) is 37.9 cm³/mol. The molecule has 0 unspecified atom stereocenters. The third-order valence-corrected chi connectivity index (χ3v) is 1.67. The quantitative estimate of drug-likeness (QED) is 0.345. The van der Waals surface area contributed by atoms with Gasteiger partial charge in [-0.3, -0.25) is 4.79 Å². The Labute approximate surface area is 64.0 Å². The molecule has 0 bridgehead atoms. The van der Waals surface area contributed by atoms with Gasteiger partial charge in [-0.25, -0.2) is 0 Å². The summed E-state index contributed by atoms with van der Waals surface area (Å²) in [7, 11) is 0. The van der Waals surface area contributed by atoms with Gasteiger partial charge in [-0.15, -0.1) is 0 Å². The molecule has 0 saturated carbocycles. The Hall–Kier alpha value is -1.06. The predicted octanol–water partition coefficient (Wildman–Crippen LogP) is 0.902. The van der Waals surface area contributed by atoms with Gasteiger partial charge in [0.05, 0.1) is 13.2 Å². The highest BCUT2D eigenvalue weighted by Gasteiger charge is 2.22. The van der Waals surface area contributed by atoms with Crippen LogP contribution in [0.1, 0.15) is 6.42 Å². The Kier molecular flexibility index (Phi) is 2.89. The zero-order valence-corrected chi connectivity index (χ0v) is 6.06. The summed E-state index contributed by atoms with van der Waals surface area (Å²) in [5.74, 6) is -0.0548. The van der Waals surface area contributed by atoms with E-state index in [4.69, 9.17) is 10.3 Å². The summed E-state index contributed by atoms with van der Waals surface area (Å²) in [5, 5.41) is 3.19. The summed E-state index contributed by atoms with van der Waals surface area (Å²) in [4.78, 5) is 13.6. The van der Waals surface area contributed by atoms with E-state index in [2.05, 4.69) is 10.0 Å². The van der Waals surface area contributed by atoms with Crippen LogP contribution in [0.4, 0.5) is 0 Å². The van der Waals surface area contributed by atoms with Gasteiger partial charge in [-0.2, -0.15) is 0 Å². The highest BCUT2D eigenvalue weighted by Crippen LogP contribution is 2.13. The topological polar surface area (TPSA) is 75.1 Å². The largest absolute Gasteiger partial charge is 0.381 e. The maximum absolute atomic E-state index is 11.1. The summed E-state index contributed by atoms with van der Waals surface area (Å²) < 4.78 is 5.00. The van der Waals surface area contributed by atoms with E-state index >= 15 is 0 Å². The van der Waals surface area contributed by atoms with E-state index in [9.17, 15) is 4.79 Å². The van der Waals surface area contributed by atoms with Crippen molar-refractivity contribution in [3.8, 4) is 0 Å². The molecule has 60 valence electrons. The first kappa shape index (κ1) is 8.04. The Bertz CT molecular complexity index is 192. The van der Waals surface area contributed by atoms with Crippen molar-refractivity contribution in [2.75, 3.05) is 19.8 Å². The lowest BCUT2D eigenvalue weighted by atomic mass is 10.0. The van der Waals surface area contributed by atoms with Crippen molar-refractivity contribution in [1.29, 1.82) is 0 Å². The molecule has 5 nitrogen and oxygen atoms in total. The highest BCUT2D eigenvalue weighted by atomic mass is 16.5. The number of carbonyl (C=O) groups is 1. The second kappa shape index (κ2) is 3.95. The summed E-state index contributed by atoms with van der Waals surface area (Å²) in [6.45, 7) is 1.09. The number of nitrogens with zero attached hydrogens (tertiary/aromatic N) is 3. The van der Waals surface area contributed by atoms with Gasteiger partial charge in [0.1, 0.15) is 5.78 Å². The number of ketones is 1. The van der Waals surface area contributed by atoms with Crippen molar-refractivity contribution in [1.82, 2.24) is 0 Å². The number of azide groups is 1. The first-order chi connectivity index (χ1) is 5.34. The lowest BCUT2D eigenvalue weighted by molar-refractivity contribution is -0.121. The average Bonchev–Trinajstić information content (AvgIpc) is 2.52. The van der Waals surface area contributed by atoms with Crippen LogP contribution in [-0.4, -0.2) is 25.5 Å². The normalized spacial score (nSPS) is 22.7. The standard InChI is InChI=1S/C6H9N3O2/c7-9-8-3-6(10)5-1-2-11-4-5/h5H,1-4H2/t5-/m1/s1. The fraction of sp³-hybridized carbons (Fsp3) is 0.833. The molecule has 0 aromatic rings. The molecule has 0 aromatic heterocycles. The zero-order chi connectivity index (χ0) is 8.10. The molecule has 0 N–H and O–H groups in total. The third-order valence-electron chi connectivity index (χ3n) is 1.67. The fourth-order valence-corrected chi connectivity index (χ4v) is 1.02. The first-order valence-electron chi connectivity index (χ1n) is 3.46. The van der Waals surface area contributed by atoms with E-state index in [0.29, 0.717) is 13.2 Å². The molecule has 1 fully saturated rings. The fourth-order valence-electron chi connectivity index (χ4n) is 1.02. The third kappa shape index (κ3) is 2.22. The van der Waals surface area contributed by atoms with Gasteiger partial charge >= 0.3 is 0 Å². The molecule has 1 atom stereocenters. The molecule has 0 radical (unpaired) electrons. The van der Waals surface area contributed by atoms with Crippen LogP contribution in [0.5, 0.6) is 0 Å². The molecule has 1 aliphatic rings. The Morgan fingerprint density at radius 2 is 2.64 bits per heavy atom. The number of Topliss-reactive ketones (excluding diaryl/α,β-unsaturated/α-hetero) is 1. The van der Waals surface area contributed by atoms with Crippen LogP contribution in [0.15, 0.2) is 5.11 Å². The van der Waals surface area contributed by atoms with Gasteiger partial charge in [0.15, 0.2) is 0 Å². The molecule has 11 heavy (non-hydrogen) atoms. The van der Waals surface area contributed by atoms with Crippen molar-refractivity contribution >= 4 is 5.78 Å². The molecule has 1 heterocycles. The van der Waals surface area contributed by atoms with E-state index in [1.165, 1.54) is 0 Å². The molecule has 5 heteroatoms. The van der Waals surface area contributed by atoms with E-state index in [1.807, 2.05) is 0 Å². The number of carbonyl (C=O) groups excluding carboxylic acids is 1. The number of ether oxygens (including phenoxy) is 1. The lowest BCUT2D eigenvalue weighted by Crippen LogP contribution is -2.16. The summed E-state index contributed by atoms with van der Waals surface area (Å²) in [6, 6.07) is 0. The molecule has 0 aromatic carbocycles. The summed E-state index contributed by atoms with van der Waals surface area (Å²) >= 11 is 0. The van der Waals surface area contributed by atoms with Crippen molar-refractivity contribution in [3.05, 3.63) is 10.4 Å². The van der Waals surface area contributed by atoms with E-state index in [1.54, 1.807) is 0 Å². The Morgan fingerprint density at radius 1 is 1.82 bits per heavy atom. The van der Waals surface area contributed by atoms with Crippen molar-refractivity contribution in [2.45, 2.75) is 6.42 Å². The zero-order valence-electron chi connectivity index (χ0n) is 6.06. The number of hydrogen-bond donors (Lipinski definition) is 0. The molecule has 0 spiro atoms. The summed E-state index contributed by atoms with van der Waals surface area (Å²) in [5.41, 5.74) is 7.93. The van der Waals surface area contributed by atoms with Gasteiger partial charge in [0, 0.05) is 17.4 Å². The molecular weight excluding hydrogens is 146 g/mol. The van der Waals surface area contributed by atoms with Crippen molar-refractivity contribution in [2.24, 2.45) is 11.0 Å². The minimum atomic E-state index is -0.0412. The second-order valence-electron chi connectivity index (χ2n) is 2.42. The second-order valence-corrected chi connectivity index (χ2v) is 2.42. The SMILES string of the molecule is [N-]=[N+]=NCC(=O)[C@@H]1CCOC1. The molecular formula is C6H9N3O2. The number of rotatable bonds is 3. The monoisotopic (exact) mass is 155 g/mol. The minimum absolute atomic E-state index is 0.0136. The van der Waals surface area contributed by atoms with Gasteiger partial charge in [-0.1, -0.05) is 5.11 Å². The number of hydrogen-bond acceptors (Lipinski definition) is 3. The van der Waals surface area contributed by atoms with Gasteiger partial charge < -0.3 is 4.74 Å². The van der Waals surface area contributed by atoms with E-state index in [0.717, 1.165) is 6.42 Å². The van der Waals surface area contributed by atoms with Crippen LogP contribution in [0, 0.1) is 5.92 Å². The molecule has 1 aliphatic heterocycles. The Balaban J connectivity index is 2.34. The average molecular weight is 155 g/mol. The lowest BCUT2D eigenvalue weighted by Gasteiger charge is -2.01. The molecule has 1 saturated heterocycles. The van der Waals surface area contributed by atoms with Crippen LogP contribution in [0.3, 0.4) is 0 Å². The molecule has 0 aliphatic carbocycles. The highest BCUT2D eigenvalue weighted by molar-refractivity contribution is 5.83. The van der Waals surface area contributed by atoms with Crippen LogP contribution in [-0.2, 0) is 9.53 Å². The molecule has 0 amide bonds. The smallest absolute Gasteiger partial charge is 0.144 e. The van der Waals surface area contributed by atoms with E-state index in [-0.39, 0.29) is 18.2 Å². The van der Waals surface area contributed by atoms with Gasteiger partial charge in [0.2, 0.25) is 0 Å². The first-order valence-corrected chi connectivity index (χ1v) is 3.46. The van der Waals surface area contributed by atoms with E-state index < -0.39 is 0 Å². The van der Waals surface area contributed by atoms with Crippen molar-refractivity contribution in [3.63, 3.8) is 0 Å². The maximum atomic E-state index is 11.1. The van der Waals surface area contributed by atoms with Crippen LogP contribution < -0.4 is 0 Å². The minimum Gasteiger partial charge on any atom is -0.381 e. The van der Waals surface area contributed by atoms with Gasteiger partial charge in [-0.05, 0) is 12.0 Å². The summed E-state index contributed by atoms with van der Waals surface area (Å²) in [6.07, 6.45) is 0.764. The van der Waals surface area contributed by atoms with Crippen molar-refractivity contribution < 1.29 is 9.53 Å². The molecule has 1 rings (SSSR count). The maximum Gasteiger partial charge on any atom is 0.144 e. The van der Waals surface area contributed by atoms with Crippen LogP contribution >= 0.6 is 0 Å². The van der Waals surface area contributed by atoms with Crippen LogP contribution in [0.2, 0.25) is 0 Å². The Morgan fingerprint density at radius 3 is 3.18 bits per heavy atom. The van der Waals surface area contributed by atoms with Crippen LogP contribution in [0.25, 0.3) is 10.4 Å².